The molecule has 0 atom stereocenters. The van der Waals surface area contributed by atoms with E-state index < -0.39 is 10.0 Å². The van der Waals surface area contributed by atoms with Gasteiger partial charge in [-0.2, -0.15) is 12.8 Å². The fraction of sp³-hybridized carbons (Fsp3) is 0.211. The van der Waals surface area contributed by atoms with Gasteiger partial charge in [0.2, 0.25) is 0 Å². The molecule has 1 aliphatic heterocycles. The first kappa shape index (κ1) is 31.0. The van der Waals surface area contributed by atoms with Gasteiger partial charge in [-0.05, 0) is 80.2 Å². The first-order chi connectivity index (χ1) is 22.1. The van der Waals surface area contributed by atoms with Crippen LogP contribution in [-0.4, -0.2) is 29.7 Å². The highest BCUT2D eigenvalue weighted by atomic mass is 32.2. The van der Waals surface area contributed by atoms with Crippen LogP contribution in [0.2, 0.25) is 0 Å². The molecular formula is C38H37N4O3S+. The number of benzene rings is 4. The molecule has 1 aliphatic rings. The van der Waals surface area contributed by atoms with Crippen LogP contribution in [0.3, 0.4) is 0 Å². The minimum atomic E-state index is -4.03. The summed E-state index contributed by atoms with van der Waals surface area (Å²) in [6.07, 6.45) is 3.47. The van der Waals surface area contributed by atoms with Gasteiger partial charge >= 0.3 is 5.82 Å². The lowest BCUT2D eigenvalue weighted by atomic mass is 9.95. The third-order valence-electron chi connectivity index (χ3n) is 8.30. The molecule has 0 unspecified atom stereocenters. The highest BCUT2D eigenvalue weighted by molar-refractivity contribution is 7.90. The first-order valence-electron chi connectivity index (χ1n) is 15.5. The Morgan fingerprint density at radius 1 is 0.848 bits per heavy atom. The lowest BCUT2D eigenvalue weighted by Gasteiger charge is -2.12. The largest absolute Gasteiger partial charge is 0.314 e. The predicted molar refractivity (Wildman–Crippen MR) is 181 cm³/mol. The van der Waals surface area contributed by atoms with Crippen molar-refractivity contribution in [2.45, 2.75) is 58.4 Å². The second kappa shape index (κ2) is 12.8. The van der Waals surface area contributed by atoms with Gasteiger partial charge in [0.15, 0.2) is 0 Å². The molecule has 0 saturated heterocycles. The van der Waals surface area contributed by atoms with Gasteiger partial charge in [-0.3, -0.25) is 4.79 Å². The fourth-order valence-corrected chi connectivity index (χ4v) is 7.23. The topological polar surface area (TPSA) is 85.3 Å². The maximum atomic E-state index is 14.5. The van der Waals surface area contributed by atoms with E-state index in [1.54, 1.807) is 35.0 Å². The van der Waals surface area contributed by atoms with Crippen LogP contribution in [0.15, 0.2) is 112 Å². The second-order valence-corrected chi connectivity index (χ2v) is 13.5. The monoisotopic (exact) mass is 629 g/mol. The van der Waals surface area contributed by atoms with Crippen molar-refractivity contribution in [1.82, 2.24) is 9.78 Å². The van der Waals surface area contributed by atoms with Gasteiger partial charge in [0.05, 0.1) is 17.2 Å². The van der Waals surface area contributed by atoms with E-state index in [1.807, 2.05) is 86.0 Å². The molecule has 0 aliphatic carbocycles. The van der Waals surface area contributed by atoms with E-state index in [0.29, 0.717) is 29.2 Å². The summed E-state index contributed by atoms with van der Waals surface area (Å²) >= 11 is 0. The van der Waals surface area contributed by atoms with Crippen molar-refractivity contribution >= 4 is 27.1 Å². The van der Waals surface area contributed by atoms with Gasteiger partial charge in [-0.1, -0.05) is 101 Å². The standard InChI is InChI=1S/C38H37N4O3S/c1-26-17-19-33(20-18-26)46(44,45)40-34(31-14-9-6-10-15-31)24-32(30-12-7-5-8-13-30)25-35(43)38-41-21-11-16-36(41)39-42(38)37-28(3)22-27(2)23-29(37)4/h5-10,12-15,17-20,22-23,25H,11,16,21,24H2,1-4H3/q+1/b32-25-,40-34-. The smallest absolute Gasteiger partial charge is 0.282 e. The zero-order valence-corrected chi connectivity index (χ0v) is 27.4. The summed E-state index contributed by atoms with van der Waals surface area (Å²) in [5.74, 6) is 1.17. The average Bonchev–Trinajstić information content (AvgIpc) is 3.62. The summed E-state index contributed by atoms with van der Waals surface area (Å²) in [6.45, 7) is 8.77. The van der Waals surface area contributed by atoms with Gasteiger partial charge in [0.25, 0.3) is 21.6 Å². The van der Waals surface area contributed by atoms with Crippen molar-refractivity contribution in [2.75, 3.05) is 0 Å². The van der Waals surface area contributed by atoms with E-state index in [9.17, 15) is 13.2 Å². The van der Waals surface area contributed by atoms with Gasteiger partial charge < -0.3 is 0 Å². The lowest BCUT2D eigenvalue weighted by molar-refractivity contribution is -0.692. The molecule has 0 fully saturated rings. The molecule has 2 heterocycles. The van der Waals surface area contributed by atoms with E-state index in [4.69, 9.17) is 5.10 Å². The van der Waals surface area contributed by atoms with Crippen LogP contribution >= 0.6 is 0 Å². The molecule has 0 bridgehead atoms. The van der Waals surface area contributed by atoms with Crippen LogP contribution in [0.5, 0.6) is 0 Å². The fourth-order valence-electron chi connectivity index (χ4n) is 6.19. The van der Waals surface area contributed by atoms with Crippen molar-refractivity contribution in [3.8, 4) is 5.69 Å². The predicted octanol–water partition coefficient (Wildman–Crippen LogP) is 6.87. The minimum Gasteiger partial charge on any atom is -0.282 e. The Hall–Kier alpha value is -4.95. The van der Waals surface area contributed by atoms with E-state index >= 15 is 0 Å². The number of fused-ring (bicyclic) bond motifs is 1. The number of aromatic nitrogens is 3. The summed E-state index contributed by atoms with van der Waals surface area (Å²) in [7, 11) is -4.03. The quantitative estimate of drug-likeness (QED) is 0.0771. The van der Waals surface area contributed by atoms with Gasteiger partial charge in [0.1, 0.15) is 5.69 Å². The van der Waals surface area contributed by atoms with Crippen LogP contribution < -0.4 is 4.57 Å². The minimum absolute atomic E-state index is 0.118. The molecule has 8 heteroatoms. The maximum absolute atomic E-state index is 14.5. The summed E-state index contributed by atoms with van der Waals surface area (Å²) in [5, 5.41) is 4.94. The van der Waals surface area contributed by atoms with Crippen molar-refractivity contribution in [2.24, 2.45) is 4.40 Å². The molecule has 7 nitrogen and oxygen atoms in total. The van der Waals surface area contributed by atoms with Crippen LogP contribution in [0.4, 0.5) is 0 Å². The third kappa shape index (κ3) is 6.39. The summed E-state index contributed by atoms with van der Waals surface area (Å²) in [4.78, 5) is 14.6. The summed E-state index contributed by atoms with van der Waals surface area (Å²) in [6, 6.07) is 29.7. The van der Waals surface area contributed by atoms with Crippen molar-refractivity contribution < 1.29 is 17.8 Å². The zero-order valence-electron chi connectivity index (χ0n) is 26.6. The molecule has 0 radical (unpaired) electrons. The van der Waals surface area contributed by atoms with Crippen molar-refractivity contribution in [1.29, 1.82) is 0 Å². The van der Waals surface area contributed by atoms with Gasteiger partial charge in [-0.15, -0.1) is 0 Å². The number of rotatable bonds is 9. The Balaban J connectivity index is 1.50. The molecule has 0 saturated carbocycles. The van der Waals surface area contributed by atoms with E-state index in [1.165, 1.54) is 0 Å². The number of ketones is 1. The zero-order chi connectivity index (χ0) is 32.4. The number of sulfonamides is 1. The van der Waals surface area contributed by atoms with E-state index in [0.717, 1.165) is 52.2 Å². The first-order valence-corrected chi connectivity index (χ1v) is 16.9. The van der Waals surface area contributed by atoms with Crippen LogP contribution in [-0.2, 0) is 23.0 Å². The molecule has 0 spiro atoms. The Kier molecular flexibility index (Phi) is 8.65. The molecule has 232 valence electrons. The number of carbonyl (C=O) groups excluding carboxylic acids is 1. The van der Waals surface area contributed by atoms with Gasteiger partial charge in [-0.25, -0.2) is 4.57 Å². The molecule has 1 aromatic heterocycles. The molecule has 46 heavy (non-hydrogen) atoms. The number of hydrogen-bond acceptors (Lipinski definition) is 4. The highest BCUT2D eigenvalue weighted by Crippen LogP contribution is 2.27. The number of hydrogen-bond donors (Lipinski definition) is 0. The van der Waals surface area contributed by atoms with Crippen LogP contribution in [0, 0.1) is 27.7 Å². The Labute approximate surface area is 270 Å². The number of nitrogens with zero attached hydrogens (tertiary/aromatic N) is 4. The Morgan fingerprint density at radius 2 is 1.46 bits per heavy atom. The van der Waals surface area contributed by atoms with Crippen LogP contribution in [0.1, 0.15) is 62.7 Å². The normalized spacial score (nSPS) is 13.6. The number of allylic oxidation sites excluding steroid dienone is 2. The van der Waals surface area contributed by atoms with Crippen LogP contribution in [0.25, 0.3) is 11.3 Å². The lowest BCUT2D eigenvalue weighted by Crippen LogP contribution is -2.38. The molecule has 6 rings (SSSR count). The molecule has 0 amide bonds. The van der Waals surface area contributed by atoms with Crippen molar-refractivity contribution in [3.05, 3.63) is 148 Å². The average molecular weight is 630 g/mol. The van der Waals surface area contributed by atoms with Crippen molar-refractivity contribution in [3.63, 3.8) is 0 Å². The Morgan fingerprint density at radius 3 is 2.09 bits per heavy atom. The highest BCUT2D eigenvalue weighted by Gasteiger charge is 2.35. The number of aryl methyl sites for hydroxylation is 5. The molecule has 4 aromatic carbocycles. The number of carbonyl (C=O) groups is 1. The maximum Gasteiger partial charge on any atom is 0.314 e. The molecular weight excluding hydrogens is 593 g/mol. The molecule has 0 N–H and O–H groups in total. The summed E-state index contributed by atoms with van der Waals surface area (Å²) in [5.41, 5.74) is 7.57. The second-order valence-electron chi connectivity index (χ2n) is 11.9. The molecule has 5 aromatic rings. The Bertz CT molecular complexity index is 2070. The van der Waals surface area contributed by atoms with E-state index in [2.05, 4.69) is 23.5 Å². The SMILES string of the molecule is Cc1ccc(S(=O)(=O)/N=C(/C/C(=C/C(=O)c2n(-c3c(C)cc(C)cc3C)nc3[n+]2CCC3)c2ccccc2)c2ccccc2)cc1. The third-order valence-corrected chi connectivity index (χ3v) is 9.63. The van der Waals surface area contributed by atoms with E-state index in [-0.39, 0.29) is 17.1 Å². The van der Waals surface area contributed by atoms with Gasteiger partial charge in [0, 0.05) is 17.9 Å². The summed E-state index contributed by atoms with van der Waals surface area (Å²) < 4.78 is 35.4.